The Morgan fingerprint density at radius 1 is 1.18 bits per heavy atom. The molecule has 152 valence electrons. The van der Waals surface area contributed by atoms with Gasteiger partial charge in [-0.2, -0.15) is 0 Å². The van der Waals surface area contributed by atoms with Gasteiger partial charge in [0.25, 0.3) is 5.91 Å². The van der Waals surface area contributed by atoms with Crippen molar-refractivity contribution in [3.8, 4) is 0 Å². The van der Waals surface area contributed by atoms with Gasteiger partial charge in [-0.1, -0.05) is 44.9 Å². The standard InChI is InChI=1S/C22H30N2O4/c1-15-8-7-11-19(16(15)2)24-13-17(12-20(24)25)22(27)28-14-21(26)23(3)18-9-5-4-6-10-18/h4-6,9-10,15-17,19H,7-8,11-14H2,1-3H3/t15-,16+,17+,19-/m0/s1. The number of nitrogens with zero attached hydrogens (tertiary/aromatic N) is 2. The average molecular weight is 386 g/mol. The molecule has 2 aliphatic rings. The highest BCUT2D eigenvalue weighted by Gasteiger charge is 2.42. The summed E-state index contributed by atoms with van der Waals surface area (Å²) in [4.78, 5) is 40.6. The molecule has 4 atom stereocenters. The van der Waals surface area contributed by atoms with Crippen LogP contribution in [0, 0.1) is 17.8 Å². The van der Waals surface area contributed by atoms with Gasteiger partial charge in [0.1, 0.15) is 0 Å². The highest BCUT2D eigenvalue weighted by Crippen LogP contribution is 2.35. The summed E-state index contributed by atoms with van der Waals surface area (Å²) >= 11 is 0. The number of hydrogen-bond acceptors (Lipinski definition) is 4. The SMILES string of the molecule is C[C@@H]1[C@@H](C)CCC[C@@H]1N1C[C@H](C(=O)OCC(=O)N(C)c2ccccc2)CC1=O. The molecule has 1 saturated carbocycles. The van der Waals surface area contributed by atoms with Crippen molar-refractivity contribution in [1.82, 2.24) is 4.90 Å². The molecule has 6 heteroatoms. The zero-order valence-electron chi connectivity index (χ0n) is 17.0. The minimum absolute atomic E-state index is 0.0284. The molecule has 2 fully saturated rings. The molecule has 6 nitrogen and oxygen atoms in total. The van der Waals surface area contributed by atoms with E-state index in [4.69, 9.17) is 4.74 Å². The molecule has 0 radical (unpaired) electrons. The Morgan fingerprint density at radius 3 is 2.61 bits per heavy atom. The van der Waals surface area contributed by atoms with Gasteiger partial charge < -0.3 is 14.5 Å². The number of rotatable bonds is 5. The minimum Gasteiger partial charge on any atom is -0.455 e. The number of ether oxygens (including phenoxy) is 1. The fraction of sp³-hybridized carbons (Fsp3) is 0.591. The fourth-order valence-corrected chi connectivity index (χ4v) is 4.35. The van der Waals surface area contributed by atoms with Crippen molar-refractivity contribution in [2.45, 2.75) is 45.6 Å². The van der Waals surface area contributed by atoms with E-state index in [0.717, 1.165) is 18.5 Å². The van der Waals surface area contributed by atoms with Crippen molar-refractivity contribution in [2.24, 2.45) is 17.8 Å². The van der Waals surface area contributed by atoms with Crippen LogP contribution in [0.1, 0.15) is 39.5 Å². The first kappa shape index (κ1) is 20.4. The molecule has 1 saturated heterocycles. The van der Waals surface area contributed by atoms with Crippen molar-refractivity contribution in [1.29, 1.82) is 0 Å². The minimum atomic E-state index is -0.480. The van der Waals surface area contributed by atoms with E-state index in [0.29, 0.717) is 18.4 Å². The number of carbonyl (C=O) groups excluding carboxylic acids is 3. The van der Waals surface area contributed by atoms with Crippen molar-refractivity contribution in [3.63, 3.8) is 0 Å². The third-order valence-corrected chi connectivity index (χ3v) is 6.41. The Bertz CT molecular complexity index is 721. The second kappa shape index (κ2) is 8.76. The first-order chi connectivity index (χ1) is 13.4. The van der Waals surface area contributed by atoms with Crippen LogP contribution in [0.2, 0.25) is 0 Å². The molecule has 0 N–H and O–H groups in total. The summed E-state index contributed by atoms with van der Waals surface area (Å²) in [6.45, 7) is 4.53. The van der Waals surface area contributed by atoms with Crippen LogP contribution in [0.3, 0.4) is 0 Å². The van der Waals surface area contributed by atoms with Crippen LogP contribution in [0.15, 0.2) is 30.3 Å². The lowest BCUT2D eigenvalue weighted by atomic mass is 9.77. The predicted molar refractivity (Wildman–Crippen MR) is 107 cm³/mol. The average Bonchev–Trinajstić information content (AvgIpc) is 3.09. The highest BCUT2D eigenvalue weighted by atomic mass is 16.5. The summed E-state index contributed by atoms with van der Waals surface area (Å²) in [5.41, 5.74) is 0.742. The molecule has 1 aliphatic heterocycles. The third-order valence-electron chi connectivity index (χ3n) is 6.41. The summed E-state index contributed by atoms with van der Waals surface area (Å²) < 4.78 is 5.25. The fourth-order valence-electron chi connectivity index (χ4n) is 4.35. The van der Waals surface area contributed by atoms with Gasteiger partial charge in [-0.3, -0.25) is 14.4 Å². The van der Waals surface area contributed by atoms with E-state index in [1.165, 1.54) is 11.3 Å². The van der Waals surface area contributed by atoms with Crippen molar-refractivity contribution in [3.05, 3.63) is 30.3 Å². The Labute approximate surface area is 166 Å². The number of anilines is 1. The van der Waals surface area contributed by atoms with E-state index in [2.05, 4.69) is 13.8 Å². The largest absolute Gasteiger partial charge is 0.455 e. The molecule has 1 aromatic rings. The van der Waals surface area contributed by atoms with Crippen LogP contribution in [0.4, 0.5) is 5.69 Å². The molecular weight excluding hydrogens is 356 g/mol. The van der Waals surface area contributed by atoms with E-state index in [9.17, 15) is 14.4 Å². The second-order valence-electron chi connectivity index (χ2n) is 8.18. The van der Waals surface area contributed by atoms with Crippen LogP contribution in [0.25, 0.3) is 0 Å². The van der Waals surface area contributed by atoms with Crippen molar-refractivity contribution < 1.29 is 19.1 Å². The van der Waals surface area contributed by atoms with Gasteiger partial charge >= 0.3 is 5.97 Å². The molecule has 0 bridgehead atoms. The zero-order valence-corrected chi connectivity index (χ0v) is 17.0. The molecule has 2 amide bonds. The third kappa shape index (κ3) is 4.37. The number of para-hydroxylation sites is 1. The van der Waals surface area contributed by atoms with E-state index in [1.807, 2.05) is 35.2 Å². The lowest BCUT2D eigenvalue weighted by Crippen LogP contribution is -2.45. The topological polar surface area (TPSA) is 66.9 Å². The molecule has 3 rings (SSSR count). The van der Waals surface area contributed by atoms with Crippen LogP contribution < -0.4 is 4.90 Å². The maximum atomic E-state index is 12.5. The Kier molecular flexibility index (Phi) is 6.37. The maximum absolute atomic E-state index is 12.5. The first-order valence-corrected chi connectivity index (χ1v) is 10.2. The van der Waals surface area contributed by atoms with Crippen molar-refractivity contribution >= 4 is 23.5 Å². The van der Waals surface area contributed by atoms with Gasteiger partial charge in [-0.05, 0) is 30.4 Å². The first-order valence-electron chi connectivity index (χ1n) is 10.2. The molecule has 0 unspecified atom stereocenters. The van der Waals surface area contributed by atoms with Gasteiger partial charge in [0.2, 0.25) is 5.91 Å². The summed E-state index contributed by atoms with van der Waals surface area (Å²) in [5.74, 6) is -0.178. The van der Waals surface area contributed by atoms with Crippen LogP contribution in [0.5, 0.6) is 0 Å². The summed E-state index contributed by atoms with van der Waals surface area (Å²) in [6, 6.07) is 9.41. The summed E-state index contributed by atoms with van der Waals surface area (Å²) in [7, 11) is 1.65. The van der Waals surface area contributed by atoms with E-state index in [1.54, 1.807) is 7.05 Å². The summed E-state index contributed by atoms with van der Waals surface area (Å²) in [6.07, 6.45) is 3.50. The zero-order chi connectivity index (χ0) is 20.3. The number of likely N-dealkylation sites (N-methyl/N-ethyl adjacent to an activating group) is 1. The lowest BCUT2D eigenvalue weighted by Gasteiger charge is -2.39. The molecule has 28 heavy (non-hydrogen) atoms. The van der Waals surface area contributed by atoms with Gasteiger partial charge in [0.15, 0.2) is 6.61 Å². The number of hydrogen-bond donors (Lipinski definition) is 0. The number of esters is 1. The van der Waals surface area contributed by atoms with E-state index < -0.39 is 11.9 Å². The molecule has 1 heterocycles. The molecule has 0 spiro atoms. The van der Waals surface area contributed by atoms with E-state index in [-0.39, 0.29) is 30.9 Å². The quantitative estimate of drug-likeness (QED) is 0.730. The Hall–Kier alpha value is -2.37. The molecule has 1 aromatic carbocycles. The normalized spacial score (nSPS) is 27.5. The number of benzene rings is 1. The molecule has 1 aliphatic carbocycles. The van der Waals surface area contributed by atoms with Crippen molar-refractivity contribution in [2.75, 3.05) is 25.1 Å². The smallest absolute Gasteiger partial charge is 0.311 e. The maximum Gasteiger partial charge on any atom is 0.311 e. The van der Waals surface area contributed by atoms with Gasteiger partial charge in [-0.15, -0.1) is 0 Å². The Morgan fingerprint density at radius 2 is 1.89 bits per heavy atom. The summed E-state index contributed by atoms with van der Waals surface area (Å²) in [5, 5.41) is 0. The van der Waals surface area contributed by atoms with Crippen LogP contribution in [-0.4, -0.2) is 48.9 Å². The van der Waals surface area contributed by atoms with Crippen LogP contribution in [-0.2, 0) is 19.1 Å². The van der Waals surface area contributed by atoms with Gasteiger partial charge in [-0.25, -0.2) is 0 Å². The second-order valence-corrected chi connectivity index (χ2v) is 8.18. The van der Waals surface area contributed by atoms with Crippen LogP contribution >= 0.6 is 0 Å². The number of amides is 2. The number of likely N-dealkylation sites (tertiary alicyclic amines) is 1. The lowest BCUT2D eigenvalue weighted by molar-refractivity contribution is -0.151. The Balaban J connectivity index is 1.52. The highest BCUT2D eigenvalue weighted by molar-refractivity contribution is 5.95. The predicted octanol–water partition coefficient (Wildman–Crippen LogP) is 2.87. The van der Waals surface area contributed by atoms with Gasteiger partial charge in [0, 0.05) is 31.7 Å². The van der Waals surface area contributed by atoms with E-state index >= 15 is 0 Å². The monoisotopic (exact) mass is 386 g/mol. The molecular formula is C22H30N2O4. The molecule has 0 aromatic heterocycles. The van der Waals surface area contributed by atoms with Gasteiger partial charge in [0.05, 0.1) is 5.92 Å². The number of carbonyl (C=O) groups is 3.